The summed E-state index contributed by atoms with van der Waals surface area (Å²) >= 11 is 0. The minimum atomic E-state index is -0.858. The molecule has 2 N–H and O–H groups in total. The van der Waals surface area contributed by atoms with Crippen LogP contribution in [0.3, 0.4) is 0 Å². The highest BCUT2D eigenvalue weighted by Gasteiger charge is 2.22. The van der Waals surface area contributed by atoms with Crippen molar-refractivity contribution in [1.82, 2.24) is 5.32 Å². The van der Waals surface area contributed by atoms with Crippen LogP contribution in [0.4, 0.5) is 0 Å². The summed E-state index contributed by atoms with van der Waals surface area (Å²) < 4.78 is 10.1. The number of aliphatic hydroxyl groups is 1. The van der Waals surface area contributed by atoms with Gasteiger partial charge >= 0.3 is 0 Å². The van der Waals surface area contributed by atoms with E-state index in [-0.39, 0.29) is 0 Å². The average molecular weight is 159 g/mol. The maximum atomic E-state index is 9.15. The monoisotopic (exact) mass is 159 g/mol. The molecule has 0 radical (unpaired) electrons. The van der Waals surface area contributed by atoms with E-state index in [1.807, 2.05) is 0 Å². The lowest BCUT2D eigenvalue weighted by molar-refractivity contribution is -0.205. The molecule has 0 saturated carbocycles. The lowest BCUT2D eigenvalue weighted by Gasteiger charge is -2.28. The molecule has 4 nitrogen and oxygen atoms in total. The number of rotatable bonds is 3. The van der Waals surface area contributed by atoms with Gasteiger partial charge in [0.05, 0.1) is 13.2 Å². The van der Waals surface area contributed by atoms with E-state index in [0.717, 1.165) is 0 Å². The van der Waals surface area contributed by atoms with Crippen molar-refractivity contribution in [3.63, 3.8) is 0 Å². The van der Waals surface area contributed by atoms with Gasteiger partial charge in [0.1, 0.15) is 0 Å². The molecule has 1 rings (SSSR count). The maximum Gasteiger partial charge on any atom is 0.195 e. The summed E-state index contributed by atoms with van der Waals surface area (Å²) in [6.45, 7) is 5.14. The molecule has 64 valence electrons. The van der Waals surface area contributed by atoms with E-state index >= 15 is 0 Å². The van der Waals surface area contributed by atoms with Crippen molar-refractivity contribution in [2.75, 3.05) is 19.8 Å². The van der Waals surface area contributed by atoms with Crippen molar-refractivity contribution in [1.29, 1.82) is 0 Å². The molecule has 1 heterocycles. The number of morpholine rings is 1. The predicted octanol–water partition coefficient (Wildman–Crippen LogP) is -0.547. The van der Waals surface area contributed by atoms with Gasteiger partial charge in [0.15, 0.2) is 12.5 Å². The molecule has 0 amide bonds. The summed E-state index contributed by atoms with van der Waals surface area (Å²) in [5.41, 5.74) is 0. The fourth-order valence-corrected chi connectivity index (χ4v) is 0.882. The Morgan fingerprint density at radius 1 is 1.82 bits per heavy atom. The highest BCUT2D eigenvalue weighted by molar-refractivity contribution is 4.69. The molecule has 0 spiro atoms. The van der Waals surface area contributed by atoms with E-state index in [1.54, 1.807) is 6.08 Å². The highest BCUT2D eigenvalue weighted by atomic mass is 16.6. The van der Waals surface area contributed by atoms with Gasteiger partial charge in [0, 0.05) is 6.54 Å². The van der Waals surface area contributed by atoms with Crippen molar-refractivity contribution < 1.29 is 14.6 Å². The molecule has 4 heteroatoms. The van der Waals surface area contributed by atoms with Crippen molar-refractivity contribution in [2.24, 2.45) is 0 Å². The summed E-state index contributed by atoms with van der Waals surface area (Å²) in [4.78, 5) is 0. The molecule has 11 heavy (non-hydrogen) atoms. The zero-order chi connectivity index (χ0) is 8.10. The van der Waals surface area contributed by atoms with Gasteiger partial charge < -0.3 is 14.6 Å². The van der Waals surface area contributed by atoms with Crippen molar-refractivity contribution in [3.8, 4) is 0 Å². The SMILES string of the molecule is C=CCOC1NCCOC1O. The second-order valence-corrected chi connectivity index (χ2v) is 2.26. The lowest BCUT2D eigenvalue weighted by atomic mass is 10.4. The summed E-state index contributed by atoms with van der Waals surface area (Å²) in [5, 5.41) is 12.1. The van der Waals surface area contributed by atoms with E-state index in [2.05, 4.69) is 11.9 Å². The van der Waals surface area contributed by atoms with Crippen LogP contribution in [-0.2, 0) is 9.47 Å². The van der Waals surface area contributed by atoms with E-state index in [0.29, 0.717) is 19.8 Å². The van der Waals surface area contributed by atoms with Crippen LogP contribution in [0.25, 0.3) is 0 Å². The standard InChI is InChI=1S/C7H13NO3/c1-2-4-10-6-7(9)11-5-3-8-6/h2,6-9H,1,3-5H2. The zero-order valence-corrected chi connectivity index (χ0v) is 6.32. The van der Waals surface area contributed by atoms with Crippen molar-refractivity contribution >= 4 is 0 Å². The van der Waals surface area contributed by atoms with Crippen LogP contribution in [0, 0.1) is 0 Å². The molecule has 0 aliphatic carbocycles. The molecule has 1 aliphatic heterocycles. The quantitative estimate of drug-likeness (QED) is 0.543. The van der Waals surface area contributed by atoms with Gasteiger partial charge in [-0.25, -0.2) is 0 Å². The van der Waals surface area contributed by atoms with Crippen LogP contribution in [-0.4, -0.2) is 37.4 Å². The van der Waals surface area contributed by atoms with Crippen LogP contribution in [0.2, 0.25) is 0 Å². The van der Waals surface area contributed by atoms with Gasteiger partial charge in [-0.1, -0.05) is 6.08 Å². The minimum absolute atomic E-state index is 0.415. The van der Waals surface area contributed by atoms with Crippen LogP contribution in [0.15, 0.2) is 12.7 Å². The second-order valence-electron chi connectivity index (χ2n) is 2.26. The smallest absolute Gasteiger partial charge is 0.195 e. The van der Waals surface area contributed by atoms with Crippen molar-refractivity contribution in [2.45, 2.75) is 12.5 Å². The first-order valence-corrected chi connectivity index (χ1v) is 3.60. The summed E-state index contributed by atoms with van der Waals surface area (Å²) in [5.74, 6) is 0. The third-order valence-electron chi connectivity index (χ3n) is 1.39. The Labute approximate surface area is 65.8 Å². The molecule has 1 aliphatic rings. The molecule has 0 bridgehead atoms. The van der Waals surface area contributed by atoms with Gasteiger partial charge in [0.2, 0.25) is 0 Å². The van der Waals surface area contributed by atoms with Gasteiger partial charge in [-0.15, -0.1) is 6.58 Å². The van der Waals surface area contributed by atoms with Gasteiger partial charge in [-0.2, -0.15) is 0 Å². The van der Waals surface area contributed by atoms with E-state index in [4.69, 9.17) is 14.6 Å². The molecule has 2 unspecified atom stereocenters. The van der Waals surface area contributed by atoms with Crippen molar-refractivity contribution in [3.05, 3.63) is 12.7 Å². The summed E-state index contributed by atoms with van der Waals surface area (Å²) in [6, 6.07) is 0. The molecule has 1 saturated heterocycles. The fraction of sp³-hybridized carbons (Fsp3) is 0.714. The Balaban J connectivity index is 2.23. The predicted molar refractivity (Wildman–Crippen MR) is 39.9 cm³/mol. The number of ether oxygens (including phenoxy) is 2. The van der Waals surface area contributed by atoms with Crippen LogP contribution >= 0.6 is 0 Å². The third-order valence-corrected chi connectivity index (χ3v) is 1.39. The Morgan fingerprint density at radius 3 is 3.27 bits per heavy atom. The number of hydrogen-bond donors (Lipinski definition) is 2. The molecular weight excluding hydrogens is 146 g/mol. The zero-order valence-electron chi connectivity index (χ0n) is 6.32. The summed E-state index contributed by atoms with van der Waals surface area (Å²) in [7, 11) is 0. The fourth-order valence-electron chi connectivity index (χ4n) is 0.882. The Kier molecular flexibility index (Phi) is 3.51. The van der Waals surface area contributed by atoms with E-state index in [1.165, 1.54) is 0 Å². The minimum Gasteiger partial charge on any atom is -0.365 e. The lowest BCUT2D eigenvalue weighted by Crippen LogP contribution is -2.49. The topological polar surface area (TPSA) is 50.7 Å². The maximum absolute atomic E-state index is 9.15. The van der Waals surface area contributed by atoms with Gasteiger partial charge in [-0.05, 0) is 0 Å². The Bertz CT molecular complexity index is 129. The van der Waals surface area contributed by atoms with Crippen LogP contribution in [0.1, 0.15) is 0 Å². The average Bonchev–Trinajstić information content (AvgIpc) is 2.03. The number of hydrogen-bond acceptors (Lipinski definition) is 4. The number of aliphatic hydroxyl groups excluding tert-OH is 1. The van der Waals surface area contributed by atoms with Gasteiger partial charge in [-0.3, -0.25) is 5.32 Å². The largest absolute Gasteiger partial charge is 0.365 e. The molecule has 0 aromatic heterocycles. The molecule has 0 aromatic rings. The Morgan fingerprint density at radius 2 is 2.64 bits per heavy atom. The van der Waals surface area contributed by atoms with Crippen LogP contribution < -0.4 is 5.32 Å². The first kappa shape index (κ1) is 8.67. The molecule has 1 fully saturated rings. The van der Waals surface area contributed by atoms with E-state index in [9.17, 15) is 0 Å². The van der Waals surface area contributed by atoms with E-state index < -0.39 is 12.5 Å². The summed E-state index contributed by atoms with van der Waals surface area (Å²) in [6.07, 6.45) is 0.355. The van der Waals surface area contributed by atoms with Gasteiger partial charge in [0.25, 0.3) is 0 Å². The third kappa shape index (κ3) is 2.59. The molecule has 2 atom stereocenters. The normalized spacial score (nSPS) is 31.7. The highest BCUT2D eigenvalue weighted by Crippen LogP contribution is 2.02. The first-order chi connectivity index (χ1) is 5.34. The molecule has 0 aromatic carbocycles. The first-order valence-electron chi connectivity index (χ1n) is 3.60. The second kappa shape index (κ2) is 4.46. The molecular formula is C7H13NO3. The Hall–Kier alpha value is -0.420. The number of nitrogens with one attached hydrogen (secondary N) is 1. The van der Waals surface area contributed by atoms with Crippen LogP contribution in [0.5, 0.6) is 0 Å².